The van der Waals surface area contributed by atoms with Gasteiger partial charge in [0.1, 0.15) is 0 Å². The van der Waals surface area contributed by atoms with E-state index in [0.717, 1.165) is 31.3 Å². The highest BCUT2D eigenvalue weighted by Gasteiger charge is 2.20. The molecule has 0 aromatic rings. The van der Waals surface area contributed by atoms with Crippen molar-refractivity contribution in [1.29, 1.82) is 0 Å². The van der Waals surface area contributed by atoms with E-state index in [-0.39, 0.29) is 0 Å². The Kier molecular flexibility index (Phi) is 4.02. The van der Waals surface area contributed by atoms with Crippen molar-refractivity contribution in [3.05, 3.63) is 0 Å². The zero-order valence-corrected chi connectivity index (χ0v) is 8.34. The fourth-order valence-electron chi connectivity index (χ4n) is 1.81. The molecule has 0 aromatic carbocycles. The van der Waals surface area contributed by atoms with Crippen molar-refractivity contribution in [3.63, 3.8) is 0 Å². The lowest BCUT2D eigenvalue weighted by atomic mass is 9.88. The molecule has 1 aliphatic rings. The van der Waals surface area contributed by atoms with Gasteiger partial charge in [-0.25, -0.2) is 0 Å². The molecule has 1 rings (SSSR count). The Balaban J connectivity index is 2.20. The van der Waals surface area contributed by atoms with E-state index in [2.05, 4.69) is 19.2 Å². The number of hydrogen-bond donors (Lipinski definition) is 2. The maximum absolute atomic E-state index is 6.03. The molecule has 12 heavy (non-hydrogen) atoms. The molecule has 2 unspecified atom stereocenters. The van der Waals surface area contributed by atoms with Gasteiger partial charge in [0.2, 0.25) is 0 Å². The summed E-state index contributed by atoms with van der Waals surface area (Å²) in [6, 6.07) is 0.449. The van der Waals surface area contributed by atoms with Crippen molar-refractivity contribution >= 4 is 0 Å². The summed E-state index contributed by atoms with van der Waals surface area (Å²) in [5, 5.41) is 3.41. The summed E-state index contributed by atoms with van der Waals surface area (Å²) in [6.07, 6.45) is 3.77. The predicted molar refractivity (Wildman–Crippen MR) is 53.0 cm³/mol. The molecule has 0 aliphatic carbocycles. The van der Waals surface area contributed by atoms with Crippen molar-refractivity contribution in [1.82, 2.24) is 5.32 Å². The molecule has 1 heterocycles. The molecule has 0 saturated carbocycles. The van der Waals surface area contributed by atoms with Gasteiger partial charge in [0, 0.05) is 6.04 Å². The number of nitrogens with two attached hydrogens (primary N) is 1. The Hall–Kier alpha value is -0.0800. The molecule has 2 nitrogen and oxygen atoms in total. The molecule has 2 heteroatoms. The van der Waals surface area contributed by atoms with Gasteiger partial charge in [-0.3, -0.25) is 0 Å². The molecule has 0 aromatic heterocycles. The molecule has 2 atom stereocenters. The van der Waals surface area contributed by atoms with Gasteiger partial charge in [0.15, 0.2) is 0 Å². The molecule has 0 amide bonds. The molecule has 1 aliphatic heterocycles. The van der Waals surface area contributed by atoms with Crippen LogP contribution < -0.4 is 11.1 Å². The first-order chi connectivity index (χ1) is 5.70. The molecular formula is C10H22N2. The van der Waals surface area contributed by atoms with Crippen molar-refractivity contribution in [2.24, 2.45) is 17.6 Å². The zero-order valence-electron chi connectivity index (χ0n) is 8.34. The summed E-state index contributed by atoms with van der Waals surface area (Å²) in [4.78, 5) is 0. The van der Waals surface area contributed by atoms with E-state index in [1.807, 2.05) is 0 Å². The summed E-state index contributed by atoms with van der Waals surface area (Å²) in [5.74, 6) is 1.54. The van der Waals surface area contributed by atoms with Crippen LogP contribution in [0, 0.1) is 11.8 Å². The van der Waals surface area contributed by atoms with Gasteiger partial charge in [-0.05, 0) is 37.8 Å². The summed E-state index contributed by atoms with van der Waals surface area (Å²) >= 11 is 0. The quantitative estimate of drug-likeness (QED) is 0.671. The standard InChI is InChI=1S/C10H22N2/c1-8(2)3-4-9-7-12-6-5-10(9)11/h8-10,12H,3-7,11H2,1-2H3. The van der Waals surface area contributed by atoms with E-state index in [1.54, 1.807) is 0 Å². The van der Waals surface area contributed by atoms with Gasteiger partial charge in [-0.2, -0.15) is 0 Å². The number of hydrogen-bond acceptors (Lipinski definition) is 2. The Morgan fingerprint density at radius 1 is 1.50 bits per heavy atom. The topological polar surface area (TPSA) is 38.0 Å². The van der Waals surface area contributed by atoms with Gasteiger partial charge in [0.25, 0.3) is 0 Å². The summed E-state index contributed by atoms with van der Waals surface area (Å²) in [6.45, 7) is 6.80. The summed E-state index contributed by atoms with van der Waals surface area (Å²) < 4.78 is 0. The fourth-order valence-corrected chi connectivity index (χ4v) is 1.81. The van der Waals surface area contributed by atoms with Crippen LogP contribution in [0.4, 0.5) is 0 Å². The van der Waals surface area contributed by atoms with Gasteiger partial charge < -0.3 is 11.1 Å². The molecule has 0 radical (unpaired) electrons. The van der Waals surface area contributed by atoms with Crippen LogP contribution in [-0.2, 0) is 0 Å². The average molecular weight is 170 g/mol. The monoisotopic (exact) mass is 170 g/mol. The molecule has 0 spiro atoms. The highest BCUT2D eigenvalue weighted by atomic mass is 14.9. The van der Waals surface area contributed by atoms with Crippen molar-refractivity contribution in [2.45, 2.75) is 39.2 Å². The summed E-state index contributed by atoms with van der Waals surface area (Å²) in [7, 11) is 0. The van der Waals surface area contributed by atoms with Crippen LogP contribution >= 0.6 is 0 Å². The summed E-state index contributed by atoms with van der Waals surface area (Å²) in [5.41, 5.74) is 6.03. The zero-order chi connectivity index (χ0) is 8.97. The van der Waals surface area contributed by atoms with Gasteiger partial charge in [0.05, 0.1) is 0 Å². The minimum Gasteiger partial charge on any atom is -0.327 e. The lowest BCUT2D eigenvalue weighted by Gasteiger charge is -2.29. The van der Waals surface area contributed by atoms with Gasteiger partial charge in [-0.15, -0.1) is 0 Å². The maximum Gasteiger partial charge on any atom is 0.00913 e. The SMILES string of the molecule is CC(C)CCC1CNCCC1N. The number of rotatable bonds is 3. The Morgan fingerprint density at radius 2 is 2.25 bits per heavy atom. The predicted octanol–water partition coefficient (Wildman–Crippen LogP) is 1.36. The van der Waals surface area contributed by atoms with E-state index in [9.17, 15) is 0 Å². The molecule has 1 fully saturated rings. The van der Waals surface area contributed by atoms with Crippen molar-refractivity contribution in [3.8, 4) is 0 Å². The Labute approximate surface area is 75.9 Å². The third-order valence-electron chi connectivity index (χ3n) is 2.78. The van der Waals surface area contributed by atoms with Crippen LogP contribution in [0.5, 0.6) is 0 Å². The first-order valence-electron chi connectivity index (χ1n) is 5.16. The second kappa shape index (κ2) is 4.83. The van der Waals surface area contributed by atoms with Gasteiger partial charge >= 0.3 is 0 Å². The second-order valence-corrected chi connectivity index (χ2v) is 4.39. The van der Waals surface area contributed by atoms with Gasteiger partial charge in [-0.1, -0.05) is 20.3 Å². The maximum atomic E-state index is 6.03. The second-order valence-electron chi connectivity index (χ2n) is 4.39. The van der Waals surface area contributed by atoms with Crippen LogP contribution in [0.25, 0.3) is 0 Å². The highest BCUT2D eigenvalue weighted by molar-refractivity contribution is 4.80. The number of piperidine rings is 1. The Bertz CT molecular complexity index is 123. The highest BCUT2D eigenvalue weighted by Crippen LogP contribution is 2.17. The van der Waals surface area contributed by atoms with Crippen molar-refractivity contribution in [2.75, 3.05) is 13.1 Å². The van der Waals surface area contributed by atoms with E-state index in [0.29, 0.717) is 6.04 Å². The van der Waals surface area contributed by atoms with Crippen LogP contribution in [0.1, 0.15) is 33.1 Å². The number of nitrogens with one attached hydrogen (secondary N) is 1. The van der Waals surface area contributed by atoms with E-state index in [4.69, 9.17) is 5.73 Å². The molecule has 3 N–H and O–H groups in total. The normalized spacial score (nSPS) is 31.0. The van der Waals surface area contributed by atoms with Crippen molar-refractivity contribution < 1.29 is 0 Å². The third-order valence-corrected chi connectivity index (χ3v) is 2.78. The van der Waals surface area contributed by atoms with E-state index >= 15 is 0 Å². The first kappa shape index (κ1) is 10.0. The smallest absolute Gasteiger partial charge is 0.00913 e. The molecule has 1 saturated heterocycles. The van der Waals surface area contributed by atoms with E-state index < -0.39 is 0 Å². The minimum atomic E-state index is 0.449. The van der Waals surface area contributed by atoms with E-state index in [1.165, 1.54) is 12.8 Å². The lowest BCUT2D eigenvalue weighted by molar-refractivity contribution is 0.292. The fraction of sp³-hybridized carbons (Fsp3) is 1.00. The lowest BCUT2D eigenvalue weighted by Crippen LogP contribution is -2.44. The molecular weight excluding hydrogens is 148 g/mol. The molecule has 72 valence electrons. The largest absolute Gasteiger partial charge is 0.327 e. The third kappa shape index (κ3) is 3.11. The minimum absolute atomic E-state index is 0.449. The first-order valence-corrected chi connectivity index (χ1v) is 5.16. The average Bonchev–Trinajstić information content (AvgIpc) is 2.03. The molecule has 0 bridgehead atoms. The van der Waals surface area contributed by atoms with Crippen LogP contribution in [0.3, 0.4) is 0 Å². The van der Waals surface area contributed by atoms with Crippen LogP contribution in [-0.4, -0.2) is 19.1 Å². The van der Waals surface area contributed by atoms with Crippen LogP contribution in [0.15, 0.2) is 0 Å². The van der Waals surface area contributed by atoms with Crippen LogP contribution in [0.2, 0.25) is 0 Å². The Morgan fingerprint density at radius 3 is 2.83 bits per heavy atom.